The molecule has 0 amide bonds. The molecule has 0 aliphatic heterocycles. The number of hydrogen-bond acceptors (Lipinski definition) is 2. The summed E-state index contributed by atoms with van der Waals surface area (Å²) in [7, 11) is 0. The molecule has 70 valence electrons. The van der Waals surface area contributed by atoms with Crippen LogP contribution in [0.25, 0.3) is 0 Å². The summed E-state index contributed by atoms with van der Waals surface area (Å²) in [4.78, 5) is 15.7. The third kappa shape index (κ3) is 1.79. The summed E-state index contributed by atoms with van der Waals surface area (Å²) in [6.45, 7) is 2.85. The Kier molecular flexibility index (Phi) is 2.17. The number of nitrogens with zero attached hydrogens (tertiary/aromatic N) is 2. The van der Waals surface area contributed by atoms with Crippen LogP contribution in [0.4, 0.5) is 0 Å². The van der Waals surface area contributed by atoms with Crippen molar-refractivity contribution < 1.29 is 4.79 Å². The van der Waals surface area contributed by atoms with Crippen LogP contribution in [-0.2, 0) is 6.54 Å². The van der Waals surface area contributed by atoms with Crippen molar-refractivity contribution in [3.63, 3.8) is 0 Å². The number of hydrogen-bond donors (Lipinski definition) is 0. The van der Waals surface area contributed by atoms with Gasteiger partial charge in [0.15, 0.2) is 11.6 Å². The van der Waals surface area contributed by atoms with Crippen molar-refractivity contribution in [3.05, 3.63) is 18.2 Å². The highest BCUT2D eigenvalue weighted by atomic mass is 16.1. The van der Waals surface area contributed by atoms with Crippen molar-refractivity contribution >= 4 is 5.78 Å². The van der Waals surface area contributed by atoms with E-state index in [1.165, 1.54) is 12.8 Å². The zero-order valence-electron chi connectivity index (χ0n) is 7.86. The van der Waals surface area contributed by atoms with Crippen LogP contribution in [0.15, 0.2) is 12.4 Å². The average molecular weight is 178 g/mol. The van der Waals surface area contributed by atoms with Gasteiger partial charge in [0.2, 0.25) is 0 Å². The predicted molar refractivity (Wildman–Crippen MR) is 49.6 cm³/mol. The van der Waals surface area contributed by atoms with E-state index in [9.17, 15) is 4.79 Å². The predicted octanol–water partition coefficient (Wildman–Crippen LogP) is 1.89. The Labute approximate surface area is 77.8 Å². The SMILES string of the molecule is CCn1ccnc1C(=O)CC1CC1. The van der Waals surface area contributed by atoms with Gasteiger partial charge in [-0.05, 0) is 25.7 Å². The number of aromatic nitrogens is 2. The maximum absolute atomic E-state index is 11.7. The topological polar surface area (TPSA) is 34.9 Å². The Balaban J connectivity index is 2.08. The molecule has 2 rings (SSSR count). The van der Waals surface area contributed by atoms with Gasteiger partial charge in [-0.2, -0.15) is 0 Å². The first-order valence-electron chi connectivity index (χ1n) is 4.85. The highest BCUT2D eigenvalue weighted by molar-refractivity contribution is 5.93. The Morgan fingerprint density at radius 2 is 2.46 bits per heavy atom. The standard InChI is InChI=1S/C10H14N2O/c1-2-12-6-5-11-10(12)9(13)7-8-3-4-8/h5-6,8H,2-4,7H2,1H3. The molecule has 13 heavy (non-hydrogen) atoms. The van der Waals surface area contributed by atoms with E-state index in [4.69, 9.17) is 0 Å². The van der Waals surface area contributed by atoms with Gasteiger partial charge in [-0.1, -0.05) is 0 Å². The largest absolute Gasteiger partial charge is 0.329 e. The second-order valence-corrected chi connectivity index (χ2v) is 3.61. The fraction of sp³-hybridized carbons (Fsp3) is 0.600. The van der Waals surface area contributed by atoms with Crippen molar-refractivity contribution in [1.82, 2.24) is 9.55 Å². The van der Waals surface area contributed by atoms with E-state index in [1.807, 2.05) is 17.7 Å². The summed E-state index contributed by atoms with van der Waals surface area (Å²) in [5.41, 5.74) is 0. The molecular weight excluding hydrogens is 164 g/mol. The van der Waals surface area contributed by atoms with Gasteiger partial charge < -0.3 is 4.57 Å². The number of imidazole rings is 1. The monoisotopic (exact) mass is 178 g/mol. The Morgan fingerprint density at radius 3 is 3.08 bits per heavy atom. The second-order valence-electron chi connectivity index (χ2n) is 3.61. The molecule has 1 aliphatic rings. The molecule has 0 radical (unpaired) electrons. The highest BCUT2D eigenvalue weighted by Crippen LogP contribution is 2.33. The van der Waals surface area contributed by atoms with E-state index in [0.717, 1.165) is 6.54 Å². The van der Waals surface area contributed by atoms with Gasteiger partial charge in [-0.25, -0.2) is 4.98 Å². The number of ketones is 1. The van der Waals surface area contributed by atoms with Crippen LogP contribution in [0.1, 0.15) is 36.8 Å². The number of Topliss-reactive ketones (excluding diaryl/α,β-unsaturated/α-hetero) is 1. The van der Waals surface area contributed by atoms with E-state index < -0.39 is 0 Å². The number of carbonyl (C=O) groups is 1. The summed E-state index contributed by atoms with van der Waals surface area (Å²) >= 11 is 0. The van der Waals surface area contributed by atoms with Crippen molar-refractivity contribution in [1.29, 1.82) is 0 Å². The second kappa shape index (κ2) is 3.32. The summed E-state index contributed by atoms with van der Waals surface area (Å²) < 4.78 is 1.91. The highest BCUT2D eigenvalue weighted by Gasteiger charge is 2.26. The molecule has 1 aliphatic carbocycles. The molecule has 1 heterocycles. The first-order valence-corrected chi connectivity index (χ1v) is 4.85. The molecule has 0 saturated heterocycles. The first-order chi connectivity index (χ1) is 6.31. The molecule has 0 spiro atoms. The van der Waals surface area contributed by atoms with Crippen molar-refractivity contribution in [2.24, 2.45) is 5.92 Å². The molecule has 0 aromatic carbocycles. The Morgan fingerprint density at radius 1 is 1.69 bits per heavy atom. The van der Waals surface area contributed by atoms with Crippen LogP contribution in [-0.4, -0.2) is 15.3 Å². The molecular formula is C10H14N2O. The minimum absolute atomic E-state index is 0.203. The lowest BCUT2D eigenvalue weighted by atomic mass is 10.2. The normalized spacial score (nSPS) is 16.1. The van der Waals surface area contributed by atoms with Gasteiger partial charge >= 0.3 is 0 Å². The van der Waals surface area contributed by atoms with Crippen LogP contribution in [0.5, 0.6) is 0 Å². The van der Waals surface area contributed by atoms with Crippen LogP contribution in [0.3, 0.4) is 0 Å². The molecule has 1 fully saturated rings. The van der Waals surface area contributed by atoms with Gasteiger partial charge in [0, 0.05) is 25.4 Å². The van der Waals surface area contributed by atoms with E-state index >= 15 is 0 Å². The van der Waals surface area contributed by atoms with Crippen molar-refractivity contribution in [3.8, 4) is 0 Å². The molecule has 1 aromatic rings. The quantitative estimate of drug-likeness (QED) is 0.660. The van der Waals surface area contributed by atoms with Crippen LogP contribution >= 0.6 is 0 Å². The van der Waals surface area contributed by atoms with Crippen LogP contribution < -0.4 is 0 Å². The van der Waals surface area contributed by atoms with Crippen LogP contribution in [0.2, 0.25) is 0 Å². The molecule has 3 nitrogen and oxygen atoms in total. The number of rotatable bonds is 4. The minimum Gasteiger partial charge on any atom is -0.329 e. The van der Waals surface area contributed by atoms with Gasteiger partial charge in [-0.15, -0.1) is 0 Å². The fourth-order valence-electron chi connectivity index (χ4n) is 1.49. The Bertz CT molecular complexity index is 312. The van der Waals surface area contributed by atoms with Gasteiger partial charge in [0.1, 0.15) is 0 Å². The van der Waals surface area contributed by atoms with Crippen molar-refractivity contribution in [2.45, 2.75) is 32.7 Å². The molecule has 3 heteroatoms. The molecule has 0 unspecified atom stereocenters. The maximum Gasteiger partial charge on any atom is 0.198 e. The number of carbonyl (C=O) groups excluding carboxylic acids is 1. The summed E-state index contributed by atoms with van der Waals surface area (Å²) in [6.07, 6.45) is 6.69. The van der Waals surface area contributed by atoms with Gasteiger partial charge in [-0.3, -0.25) is 4.79 Å². The summed E-state index contributed by atoms with van der Waals surface area (Å²) in [6, 6.07) is 0. The Hall–Kier alpha value is -1.12. The molecule has 0 atom stereocenters. The molecule has 1 aromatic heterocycles. The van der Waals surface area contributed by atoms with Gasteiger partial charge in [0.25, 0.3) is 0 Å². The summed E-state index contributed by atoms with van der Waals surface area (Å²) in [5.74, 6) is 1.48. The summed E-state index contributed by atoms with van der Waals surface area (Å²) in [5, 5.41) is 0. The zero-order valence-corrected chi connectivity index (χ0v) is 7.86. The fourth-order valence-corrected chi connectivity index (χ4v) is 1.49. The van der Waals surface area contributed by atoms with E-state index in [1.54, 1.807) is 6.20 Å². The lowest BCUT2D eigenvalue weighted by Crippen LogP contribution is -2.09. The third-order valence-electron chi connectivity index (χ3n) is 2.48. The van der Waals surface area contributed by atoms with E-state index in [2.05, 4.69) is 4.98 Å². The lowest BCUT2D eigenvalue weighted by molar-refractivity contribution is 0.0962. The lowest BCUT2D eigenvalue weighted by Gasteiger charge is -2.02. The first kappa shape index (κ1) is 8.48. The molecule has 0 bridgehead atoms. The molecule has 1 saturated carbocycles. The van der Waals surface area contributed by atoms with Gasteiger partial charge in [0.05, 0.1) is 0 Å². The smallest absolute Gasteiger partial charge is 0.198 e. The van der Waals surface area contributed by atoms with E-state index in [0.29, 0.717) is 18.2 Å². The number of aryl methyl sites for hydroxylation is 1. The third-order valence-corrected chi connectivity index (χ3v) is 2.48. The maximum atomic E-state index is 11.7. The van der Waals surface area contributed by atoms with E-state index in [-0.39, 0.29) is 5.78 Å². The van der Waals surface area contributed by atoms with Crippen LogP contribution in [0, 0.1) is 5.92 Å². The minimum atomic E-state index is 0.203. The average Bonchev–Trinajstić information content (AvgIpc) is 2.82. The zero-order chi connectivity index (χ0) is 9.26. The van der Waals surface area contributed by atoms with Crippen molar-refractivity contribution in [2.75, 3.05) is 0 Å². The molecule has 0 N–H and O–H groups in total.